The van der Waals surface area contributed by atoms with E-state index in [1.807, 2.05) is 6.08 Å². The smallest absolute Gasteiger partial charge is 0.306 e. The summed E-state index contributed by atoms with van der Waals surface area (Å²) in [4.78, 5) is 26.8. The van der Waals surface area contributed by atoms with Gasteiger partial charge in [0.05, 0.1) is 25.4 Å². The highest BCUT2D eigenvalue weighted by atomic mass is 16.7. The second-order valence-electron chi connectivity index (χ2n) is 27.8. The number of hydrogen-bond donors (Lipinski definition) is 6. The van der Waals surface area contributed by atoms with Crippen molar-refractivity contribution in [1.82, 2.24) is 5.32 Å². The Kier molecular flexibility index (Phi) is 64.8. The van der Waals surface area contributed by atoms with Crippen molar-refractivity contribution in [2.24, 2.45) is 0 Å². The first kappa shape index (κ1) is 86.9. The molecule has 0 aromatic heterocycles. The van der Waals surface area contributed by atoms with Crippen LogP contribution in [0, 0.1) is 0 Å². The molecule has 0 radical (unpaired) electrons. The lowest BCUT2D eigenvalue weighted by atomic mass is 9.99. The Balaban J connectivity index is 2.50. The zero-order chi connectivity index (χ0) is 66.0. The fraction of sp³-hybridized carbons (Fsp3) is 0.900. The number of amides is 1. The van der Waals surface area contributed by atoms with Crippen LogP contribution >= 0.6 is 0 Å². The van der Waals surface area contributed by atoms with Gasteiger partial charge in [0.25, 0.3) is 0 Å². The molecule has 0 aliphatic carbocycles. The zero-order valence-electron chi connectivity index (χ0n) is 60.0. The molecule has 8 atom stereocenters. The molecule has 0 spiro atoms. The number of rotatable bonds is 70. The van der Waals surface area contributed by atoms with Crippen LogP contribution in [0.3, 0.4) is 0 Å². The second kappa shape index (κ2) is 67.8. The van der Waals surface area contributed by atoms with Crippen molar-refractivity contribution in [3.8, 4) is 0 Å². The fourth-order valence-corrected chi connectivity index (χ4v) is 12.8. The van der Waals surface area contributed by atoms with E-state index < -0.39 is 67.4 Å². The van der Waals surface area contributed by atoms with Gasteiger partial charge in [-0.1, -0.05) is 372 Å². The molecule has 6 N–H and O–H groups in total. The summed E-state index contributed by atoms with van der Waals surface area (Å²) in [6, 6.07) is -1.02. The van der Waals surface area contributed by atoms with Crippen LogP contribution in [-0.2, 0) is 23.8 Å². The lowest BCUT2D eigenvalue weighted by molar-refractivity contribution is -0.305. The summed E-state index contributed by atoms with van der Waals surface area (Å²) in [5.41, 5.74) is 0. The van der Waals surface area contributed by atoms with Crippen molar-refractivity contribution in [3.63, 3.8) is 0 Å². The molecule has 1 fully saturated rings. The molecule has 1 aliphatic heterocycles. The van der Waals surface area contributed by atoms with E-state index in [2.05, 4.69) is 50.4 Å². The van der Waals surface area contributed by atoms with Crippen LogP contribution in [-0.4, -0.2) is 99.6 Å². The third-order valence-electron chi connectivity index (χ3n) is 19.0. The molecule has 1 amide bonds. The van der Waals surface area contributed by atoms with E-state index in [4.69, 9.17) is 14.2 Å². The van der Waals surface area contributed by atoms with Gasteiger partial charge in [0.2, 0.25) is 5.91 Å². The highest BCUT2D eigenvalue weighted by Gasteiger charge is 2.47. The summed E-state index contributed by atoms with van der Waals surface area (Å²) >= 11 is 0. The van der Waals surface area contributed by atoms with Crippen molar-refractivity contribution in [2.75, 3.05) is 13.2 Å². The maximum Gasteiger partial charge on any atom is 0.306 e. The summed E-state index contributed by atoms with van der Waals surface area (Å²) in [7, 11) is 0. The first-order valence-corrected chi connectivity index (χ1v) is 39.8. The highest BCUT2D eigenvalue weighted by Crippen LogP contribution is 2.27. The zero-order valence-corrected chi connectivity index (χ0v) is 60.0. The Bertz CT molecular complexity index is 1620. The summed E-state index contributed by atoms with van der Waals surface area (Å²) in [5.74, 6) is -1.17. The van der Waals surface area contributed by atoms with Gasteiger partial charge in [0.1, 0.15) is 24.4 Å². The second-order valence-corrected chi connectivity index (χ2v) is 27.8. The normalized spacial score (nSPS) is 18.1. The van der Waals surface area contributed by atoms with Crippen LogP contribution in [0.15, 0.2) is 36.5 Å². The van der Waals surface area contributed by atoms with Crippen molar-refractivity contribution in [3.05, 3.63) is 36.5 Å². The van der Waals surface area contributed by atoms with Gasteiger partial charge in [0, 0.05) is 6.42 Å². The average Bonchev–Trinajstić information content (AvgIpc) is 1.11. The summed E-state index contributed by atoms with van der Waals surface area (Å²) in [5, 5.41) is 57.4. The van der Waals surface area contributed by atoms with E-state index in [9.17, 15) is 35.1 Å². The Labute approximate surface area is 562 Å². The number of carbonyl (C=O) groups excluding carboxylic acids is 2. The molecule has 1 aliphatic rings. The van der Waals surface area contributed by atoms with Gasteiger partial charge in [-0.25, -0.2) is 0 Å². The Morgan fingerprint density at radius 1 is 0.429 bits per heavy atom. The topological polar surface area (TPSA) is 175 Å². The van der Waals surface area contributed by atoms with Gasteiger partial charge >= 0.3 is 5.97 Å². The van der Waals surface area contributed by atoms with E-state index in [1.54, 1.807) is 6.08 Å². The van der Waals surface area contributed by atoms with E-state index in [1.165, 1.54) is 289 Å². The average molecular weight is 1290 g/mol. The summed E-state index contributed by atoms with van der Waals surface area (Å²) < 4.78 is 17.8. The minimum absolute atomic E-state index is 0.128. The molecule has 11 nitrogen and oxygen atoms in total. The largest absolute Gasteiger partial charge is 0.454 e. The van der Waals surface area contributed by atoms with Crippen molar-refractivity contribution in [2.45, 2.75) is 449 Å². The third-order valence-corrected chi connectivity index (χ3v) is 19.0. The minimum Gasteiger partial charge on any atom is -0.454 e. The molecule has 0 aromatic rings. The Morgan fingerprint density at radius 3 is 1.14 bits per heavy atom. The van der Waals surface area contributed by atoms with Crippen molar-refractivity contribution >= 4 is 11.9 Å². The van der Waals surface area contributed by atoms with Gasteiger partial charge in [-0.15, -0.1) is 0 Å². The molecule has 0 aromatic carbocycles. The van der Waals surface area contributed by atoms with Crippen LogP contribution in [0.2, 0.25) is 0 Å². The minimum atomic E-state index is -1.61. The number of nitrogens with one attached hydrogen (secondary N) is 1. The lowest BCUT2D eigenvalue weighted by Gasteiger charge is -2.41. The predicted octanol–water partition coefficient (Wildman–Crippen LogP) is 21.3. The van der Waals surface area contributed by atoms with E-state index in [-0.39, 0.29) is 13.0 Å². The molecule has 0 saturated carbocycles. The van der Waals surface area contributed by atoms with E-state index in [0.717, 1.165) is 64.2 Å². The van der Waals surface area contributed by atoms with Gasteiger partial charge in [-0.3, -0.25) is 9.59 Å². The molecule has 91 heavy (non-hydrogen) atoms. The Hall–Kier alpha value is -2.12. The molecule has 1 rings (SSSR count). The summed E-state index contributed by atoms with van der Waals surface area (Å²) in [6.45, 7) is 5.85. The SMILES string of the molecule is CCCCC/C=C\C/C=C\CCCCCCCCCCCCCCCCCCCC(=O)OC1C(OCC(NC(=O)C(O)CCCCCCCCCCCCCCCCCCCCCCCC)C(O)/C=C/CCCCCCCCCCCCC)OC(CO)C(O)C1O. The quantitative estimate of drug-likeness (QED) is 0.0195. The number of esters is 1. The van der Waals surface area contributed by atoms with Gasteiger partial charge in [0.15, 0.2) is 12.4 Å². The molecule has 1 saturated heterocycles. The third kappa shape index (κ3) is 54.7. The number of allylic oxidation sites excluding steroid dienone is 5. The monoisotopic (exact) mass is 1290 g/mol. The molecular weight excluding hydrogens is 1130 g/mol. The predicted molar refractivity (Wildman–Crippen MR) is 384 cm³/mol. The van der Waals surface area contributed by atoms with Crippen LogP contribution < -0.4 is 5.32 Å². The molecule has 8 unspecified atom stereocenters. The first-order chi connectivity index (χ1) is 44.7. The van der Waals surface area contributed by atoms with Crippen LogP contribution in [0.1, 0.15) is 400 Å². The van der Waals surface area contributed by atoms with Crippen molar-refractivity contribution in [1.29, 1.82) is 0 Å². The number of aliphatic hydroxyl groups is 5. The molecule has 1 heterocycles. The maximum absolute atomic E-state index is 13.5. The van der Waals surface area contributed by atoms with E-state index >= 15 is 0 Å². The lowest BCUT2D eigenvalue weighted by Crippen LogP contribution is -2.61. The van der Waals surface area contributed by atoms with Gasteiger partial charge in [-0.05, 0) is 57.8 Å². The van der Waals surface area contributed by atoms with Crippen molar-refractivity contribution < 1.29 is 49.3 Å². The van der Waals surface area contributed by atoms with Crippen LogP contribution in [0.25, 0.3) is 0 Å². The van der Waals surface area contributed by atoms with E-state index in [0.29, 0.717) is 19.3 Å². The molecule has 0 bridgehead atoms. The van der Waals surface area contributed by atoms with Gasteiger partial charge < -0.3 is 45.1 Å². The first-order valence-electron chi connectivity index (χ1n) is 39.8. The Morgan fingerprint density at radius 2 is 0.758 bits per heavy atom. The van der Waals surface area contributed by atoms with Crippen LogP contribution in [0.5, 0.6) is 0 Å². The number of unbranched alkanes of at least 4 members (excludes halogenated alkanes) is 52. The van der Waals surface area contributed by atoms with Gasteiger partial charge in [-0.2, -0.15) is 0 Å². The fourth-order valence-electron chi connectivity index (χ4n) is 12.8. The molecule has 11 heteroatoms. The number of aliphatic hydroxyl groups excluding tert-OH is 5. The highest BCUT2D eigenvalue weighted by molar-refractivity contribution is 5.80. The number of hydrogen-bond acceptors (Lipinski definition) is 10. The number of ether oxygens (including phenoxy) is 3. The maximum atomic E-state index is 13.5. The molecular formula is C80H151NO10. The standard InChI is InChI=1S/C80H151NO10/c1-4-7-10-13-16-19-22-25-27-29-31-33-35-36-37-38-39-41-43-45-47-50-53-56-59-62-65-68-75(85)91-78-77(87)76(86)74(69-82)90-80(78)89-70-71(72(83)66-63-60-57-54-51-48-24-21-18-15-12-9-6-3)81-79(88)73(84)67-64-61-58-55-52-49-46-44-42-40-34-32-30-28-26-23-20-17-14-11-8-5-2/h16,19,25,27,63,66,71-74,76-78,80,82-84,86-87H,4-15,17-18,20-24,26,28-62,64-65,67-70H2,1-3H3,(H,81,88)/b19-16-,27-25-,66-63+. The molecule has 536 valence electrons. The number of carbonyl (C=O) groups is 2. The van der Waals surface area contributed by atoms with Crippen LogP contribution in [0.4, 0.5) is 0 Å². The summed E-state index contributed by atoms with van der Waals surface area (Å²) in [6.07, 6.45) is 74.8.